The van der Waals surface area contributed by atoms with E-state index in [0.29, 0.717) is 23.2 Å². The number of hydrogen-bond acceptors (Lipinski definition) is 5. The first-order valence-electron chi connectivity index (χ1n) is 11.8. The number of nitrogens with zero attached hydrogens (tertiary/aromatic N) is 3. The van der Waals surface area contributed by atoms with E-state index in [1.165, 1.54) is 5.56 Å². The molecular weight excluding hydrogens is 470 g/mol. The fourth-order valence-corrected chi connectivity index (χ4v) is 4.87. The molecule has 3 aromatic carbocycles. The maximum Gasteiger partial charge on any atom is 0.262 e. The summed E-state index contributed by atoms with van der Waals surface area (Å²) in [7, 11) is 0. The molecule has 0 radical (unpaired) electrons. The third-order valence-corrected chi connectivity index (χ3v) is 6.72. The highest BCUT2D eigenvalue weighted by atomic mass is 35.5. The molecule has 7 heteroatoms. The summed E-state index contributed by atoms with van der Waals surface area (Å²) in [4.78, 5) is 18.1. The number of nitrogens with one attached hydrogen (secondary N) is 2. The van der Waals surface area contributed by atoms with Gasteiger partial charge in [-0.1, -0.05) is 77.8 Å². The van der Waals surface area contributed by atoms with Crippen LogP contribution >= 0.6 is 11.6 Å². The van der Waals surface area contributed by atoms with Crippen LogP contribution in [0.1, 0.15) is 51.9 Å². The number of anilines is 1. The molecule has 2 unspecified atom stereocenters. The number of H-pyrrole nitrogens is 1. The second-order valence-electron chi connectivity index (χ2n) is 9.06. The van der Waals surface area contributed by atoms with Crippen molar-refractivity contribution in [1.82, 2.24) is 15.2 Å². The summed E-state index contributed by atoms with van der Waals surface area (Å²) in [5.41, 5.74) is 9.31. The highest BCUT2D eigenvalue weighted by Gasteiger charge is 2.37. The van der Waals surface area contributed by atoms with Gasteiger partial charge in [-0.3, -0.25) is 9.89 Å². The molecule has 2 N–H and O–H groups in total. The van der Waals surface area contributed by atoms with Gasteiger partial charge in [0.1, 0.15) is 5.82 Å². The van der Waals surface area contributed by atoms with E-state index >= 15 is 0 Å². The van der Waals surface area contributed by atoms with E-state index in [0.717, 1.165) is 27.8 Å². The molecule has 0 spiro atoms. The van der Waals surface area contributed by atoms with Gasteiger partial charge in [-0.25, -0.2) is 5.43 Å². The molecule has 0 fully saturated rings. The summed E-state index contributed by atoms with van der Waals surface area (Å²) in [5, 5.41) is 12.1. The molecule has 5 rings (SSSR count). The third-order valence-electron chi connectivity index (χ3n) is 6.47. The molecule has 0 aliphatic heterocycles. The van der Waals surface area contributed by atoms with Crippen molar-refractivity contribution >= 4 is 35.1 Å². The monoisotopic (exact) mass is 495 g/mol. The number of allylic oxidation sites excluding steroid dienone is 2. The smallest absolute Gasteiger partial charge is 0.262 e. The van der Waals surface area contributed by atoms with E-state index in [9.17, 15) is 4.79 Å². The number of aryl methyl sites for hydroxylation is 2. The number of halogens is 1. The number of aromatic amines is 1. The van der Waals surface area contributed by atoms with Gasteiger partial charge in [0.05, 0.1) is 12.1 Å². The maximum absolute atomic E-state index is 13.6. The van der Waals surface area contributed by atoms with Gasteiger partial charge < -0.3 is 0 Å². The van der Waals surface area contributed by atoms with Crippen LogP contribution in [-0.2, 0) is 4.79 Å². The van der Waals surface area contributed by atoms with E-state index in [2.05, 4.69) is 57.8 Å². The average molecular weight is 496 g/mol. The minimum absolute atomic E-state index is 0.00772. The summed E-state index contributed by atoms with van der Waals surface area (Å²) in [6, 6.07) is 23.8. The van der Waals surface area contributed by atoms with Crippen molar-refractivity contribution in [3.63, 3.8) is 0 Å². The van der Waals surface area contributed by atoms with Gasteiger partial charge in [-0.2, -0.15) is 10.1 Å². The minimum Gasteiger partial charge on any atom is -0.294 e. The summed E-state index contributed by atoms with van der Waals surface area (Å²) >= 11 is 6.16. The van der Waals surface area contributed by atoms with Crippen LogP contribution in [0.5, 0.6) is 0 Å². The Morgan fingerprint density at radius 2 is 1.83 bits per heavy atom. The zero-order chi connectivity index (χ0) is 25.1. The fourth-order valence-electron chi connectivity index (χ4n) is 4.75. The van der Waals surface area contributed by atoms with Crippen LogP contribution < -0.4 is 5.43 Å². The molecule has 36 heavy (non-hydrogen) atoms. The molecule has 1 aliphatic rings. The molecule has 0 saturated carbocycles. The van der Waals surface area contributed by atoms with Gasteiger partial charge >= 0.3 is 0 Å². The van der Waals surface area contributed by atoms with Gasteiger partial charge in [0.2, 0.25) is 0 Å². The van der Waals surface area contributed by atoms with Crippen molar-refractivity contribution < 1.29 is 4.79 Å². The maximum atomic E-state index is 13.6. The highest BCUT2D eigenvalue weighted by Crippen LogP contribution is 2.44. The number of hydrazone groups is 1. The Labute approximate surface area is 215 Å². The van der Waals surface area contributed by atoms with Gasteiger partial charge in [-0.15, -0.1) is 5.10 Å². The van der Waals surface area contributed by atoms with Gasteiger partial charge in [0.15, 0.2) is 5.78 Å². The topological polar surface area (TPSA) is 83.0 Å². The molecule has 1 aromatic heterocycles. The lowest BCUT2D eigenvalue weighted by atomic mass is 9.73. The minimum atomic E-state index is -0.498. The molecule has 4 aromatic rings. The number of hydrogen-bond donors (Lipinski definition) is 2. The quantitative estimate of drug-likeness (QED) is 0.238. The van der Waals surface area contributed by atoms with Crippen molar-refractivity contribution in [3.8, 4) is 0 Å². The third kappa shape index (κ3) is 5.14. The first-order valence-corrected chi connectivity index (χ1v) is 12.2. The molecule has 6 nitrogen and oxygen atoms in total. The fraction of sp³-hybridized carbons (Fsp3) is 0.172. The molecule has 0 amide bonds. The van der Waals surface area contributed by atoms with Crippen LogP contribution in [0.2, 0.25) is 5.02 Å². The Kier molecular flexibility index (Phi) is 6.78. The van der Waals surface area contributed by atoms with Gasteiger partial charge in [0.25, 0.3) is 5.95 Å². The number of aromatic nitrogens is 3. The second-order valence-corrected chi connectivity index (χ2v) is 9.49. The van der Waals surface area contributed by atoms with E-state index in [1.807, 2.05) is 54.6 Å². The van der Waals surface area contributed by atoms with Crippen LogP contribution in [0.15, 0.2) is 84.0 Å². The molecule has 0 saturated heterocycles. The molecule has 1 aliphatic carbocycles. The van der Waals surface area contributed by atoms with Crippen molar-refractivity contribution in [2.75, 3.05) is 5.43 Å². The van der Waals surface area contributed by atoms with Crippen molar-refractivity contribution in [1.29, 1.82) is 0 Å². The van der Waals surface area contributed by atoms with E-state index in [4.69, 9.17) is 11.6 Å². The molecule has 1 heterocycles. The summed E-state index contributed by atoms with van der Waals surface area (Å²) in [6.07, 6.45) is 4.15. The Hall–Kier alpha value is -4.03. The Balaban J connectivity index is 1.46. The number of carbonyl (C=O) groups excluding carboxylic acids is 1. The van der Waals surface area contributed by atoms with Crippen LogP contribution in [-0.4, -0.2) is 27.2 Å². The van der Waals surface area contributed by atoms with Crippen molar-refractivity contribution in [2.24, 2.45) is 5.10 Å². The lowest BCUT2D eigenvalue weighted by Crippen LogP contribution is -2.25. The lowest BCUT2D eigenvalue weighted by molar-refractivity contribution is -0.116. The van der Waals surface area contributed by atoms with E-state index in [-0.39, 0.29) is 11.7 Å². The van der Waals surface area contributed by atoms with Crippen molar-refractivity contribution in [2.45, 2.75) is 32.1 Å². The zero-order valence-corrected chi connectivity index (χ0v) is 20.8. The standard InChI is InChI=1S/C29H26ClN5O/c1-18-8-13-24(19(2)14-18)22-15-25(21-9-11-23(30)12-10-21)27(26(36)16-22)28-32-29(35-33-28)34-31-17-20-6-4-3-5-7-20/h3-14,16-17,25,27H,15H2,1-2H3,(H2,32,33,34,35)/b31-17+. The largest absolute Gasteiger partial charge is 0.294 e. The number of carbonyl (C=O) groups is 1. The first-order chi connectivity index (χ1) is 17.5. The Morgan fingerprint density at radius 1 is 1.06 bits per heavy atom. The van der Waals surface area contributed by atoms with Gasteiger partial charge in [0, 0.05) is 10.9 Å². The first kappa shape index (κ1) is 23.7. The second kappa shape index (κ2) is 10.3. The van der Waals surface area contributed by atoms with Crippen LogP contribution in [0.4, 0.5) is 5.95 Å². The van der Waals surface area contributed by atoms with Crippen molar-refractivity contribution in [3.05, 3.63) is 118 Å². The lowest BCUT2D eigenvalue weighted by Gasteiger charge is -2.30. The Morgan fingerprint density at radius 3 is 2.58 bits per heavy atom. The Bertz CT molecular complexity index is 1440. The normalized spacial score (nSPS) is 17.9. The van der Waals surface area contributed by atoms with Gasteiger partial charge in [-0.05, 0) is 66.3 Å². The predicted molar refractivity (Wildman–Crippen MR) is 144 cm³/mol. The zero-order valence-electron chi connectivity index (χ0n) is 20.1. The summed E-state index contributed by atoms with van der Waals surface area (Å²) in [5.74, 6) is 0.190. The van der Waals surface area contributed by atoms with E-state index < -0.39 is 5.92 Å². The average Bonchev–Trinajstić information content (AvgIpc) is 3.33. The van der Waals surface area contributed by atoms with Crippen LogP contribution in [0, 0.1) is 13.8 Å². The predicted octanol–water partition coefficient (Wildman–Crippen LogP) is 6.44. The molecule has 180 valence electrons. The molecule has 0 bridgehead atoms. The molecule has 2 atom stereocenters. The van der Waals surface area contributed by atoms with E-state index in [1.54, 1.807) is 12.3 Å². The number of rotatable bonds is 6. The molecular formula is C29H26ClN5O. The number of benzene rings is 3. The summed E-state index contributed by atoms with van der Waals surface area (Å²) < 4.78 is 0. The number of ketones is 1. The highest BCUT2D eigenvalue weighted by molar-refractivity contribution is 6.30. The summed E-state index contributed by atoms with van der Waals surface area (Å²) in [6.45, 7) is 4.16. The van der Waals surface area contributed by atoms with Crippen LogP contribution in [0.3, 0.4) is 0 Å². The van der Waals surface area contributed by atoms with Crippen LogP contribution in [0.25, 0.3) is 5.57 Å². The SMILES string of the molecule is Cc1ccc(C2=CC(=O)C(c3nc(N/N=C/c4ccccc4)n[nH]3)C(c3ccc(Cl)cc3)C2)c(C)c1.